The third-order valence-corrected chi connectivity index (χ3v) is 4.27. The van der Waals surface area contributed by atoms with Crippen LogP contribution < -0.4 is 4.74 Å². The normalized spacial score (nSPS) is 26.9. The third kappa shape index (κ3) is 2.91. The zero-order valence-electron chi connectivity index (χ0n) is 11.7. The molecule has 3 nitrogen and oxygen atoms in total. The fourth-order valence-corrected chi connectivity index (χ4v) is 3.30. The Balaban J connectivity index is 2.28. The second kappa shape index (κ2) is 5.64. The molecule has 1 aromatic carbocycles. The number of para-hydroxylation sites is 1. The summed E-state index contributed by atoms with van der Waals surface area (Å²) >= 11 is 0. The SMILES string of the molecule is COc1ccccc1CC1(C(=O)O)CCCC(C)C1. The lowest BCUT2D eigenvalue weighted by atomic mass is 9.67. The molecule has 1 aliphatic carbocycles. The Morgan fingerprint density at radius 2 is 2.21 bits per heavy atom. The summed E-state index contributed by atoms with van der Waals surface area (Å²) in [6.07, 6.45) is 4.24. The third-order valence-electron chi connectivity index (χ3n) is 4.27. The summed E-state index contributed by atoms with van der Waals surface area (Å²) in [5, 5.41) is 9.69. The summed E-state index contributed by atoms with van der Waals surface area (Å²) in [5.41, 5.74) is 0.383. The van der Waals surface area contributed by atoms with Gasteiger partial charge in [0.15, 0.2) is 0 Å². The first-order valence-corrected chi connectivity index (χ1v) is 6.93. The number of hydrogen-bond acceptors (Lipinski definition) is 2. The topological polar surface area (TPSA) is 46.5 Å². The van der Waals surface area contributed by atoms with E-state index in [0.29, 0.717) is 12.3 Å². The molecule has 0 aromatic heterocycles. The van der Waals surface area contributed by atoms with Crippen LogP contribution in [0.2, 0.25) is 0 Å². The van der Waals surface area contributed by atoms with Crippen LogP contribution in [0.1, 0.15) is 38.2 Å². The molecule has 0 aliphatic heterocycles. The van der Waals surface area contributed by atoms with Gasteiger partial charge in [0, 0.05) is 0 Å². The van der Waals surface area contributed by atoms with Gasteiger partial charge in [-0.25, -0.2) is 0 Å². The molecule has 0 heterocycles. The molecule has 1 fully saturated rings. The monoisotopic (exact) mass is 262 g/mol. The minimum absolute atomic E-state index is 0.486. The highest BCUT2D eigenvalue weighted by molar-refractivity contribution is 5.75. The molecule has 3 heteroatoms. The van der Waals surface area contributed by atoms with Crippen LogP contribution in [0.25, 0.3) is 0 Å². The molecule has 2 unspecified atom stereocenters. The van der Waals surface area contributed by atoms with Crippen molar-refractivity contribution in [1.82, 2.24) is 0 Å². The highest BCUT2D eigenvalue weighted by Gasteiger charge is 2.42. The fourth-order valence-electron chi connectivity index (χ4n) is 3.30. The van der Waals surface area contributed by atoms with Crippen LogP contribution in [0.4, 0.5) is 0 Å². The number of methoxy groups -OCH3 is 1. The van der Waals surface area contributed by atoms with Gasteiger partial charge in [0.1, 0.15) is 5.75 Å². The van der Waals surface area contributed by atoms with Gasteiger partial charge < -0.3 is 9.84 Å². The van der Waals surface area contributed by atoms with Gasteiger partial charge in [0.25, 0.3) is 0 Å². The largest absolute Gasteiger partial charge is 0.496 e. The molecular formula is C16H22O3. The van der Waals surface area contributed by atoms with E-state index in [1.165, 1.54) is 0 Å². The number of carboxylic acid groups (broad SMARTS) is 1. The standard InChI is InChI=1S/C16H22O3/c1-12-6-5-9-16(10-12,15(17)18)11-13-7-3-4-8-14(13)19-2/h3-4,7-8,12H,5-6,9-11H2,1-2H3,(H,17,18). The van der Waals surface area contributed by atoms with Crippen LogP contribution in [-0.2, 0) is 11.2 Å². The molecule has 1 aromatic rings. The molecule has 0 saturated heterocycles. The zero-order valence-corrected chi connectivity index (χ0v) is 11.7. The predicted octanol–water partition coefficient (Wildman–Crippen LogP) is 3.52. The lowest BCUT2D eigenvalue weighted by molar-refractivity contribution is -0.152. The first kappa shape index (κ1) is 13.9. The molecule has 2 atom stereocenters. The molecular weight excluding hydrogens is 240 g/mol. The van der Waals surface area contributed by atoms with Crippen molar-refractivity contribution in [2.24, 2.45) is 11.3 Å². The van der Waals surface area contributed by atoms with E-state index in [-0.39, 0.29) is 0 Å². The van der Waals surface area contributed by atoms with Crippen molar-refractivity contribution in [2.45, 2.75) is 39.0 Å². The van der Waals surface area contributed by atoms with Crippen molar-refractivity contribution in [3.8, 4) is 5.75 Å². The lowest BCUT2D eigenvalue weighted by Gasteiger charge is -2.36. The molecule has 0 spiro atoms. The number of aliphatic carboxylic acids is 1. The maximum atomic E-state index is 11.8. The molecule has 1 N–H and O–H groups in total. The van der Waals surface area contributed by atoms with Gasteiger partial charge in [-0.05, 0) is 36.8 Å². The fraction of sp³-hybridized carbons (Fsp3) is 0.562. The first-order valence-electron chi connectivity index (χ1n) is 6.93. The quantitative estimate of drug-likeness (QED) is 0.903. The number of benzene rings is 1. The number of carbonyl (C=O) groups is 1. The average Bonchev–Trinajstić information content (AvgIpc) is 2.39. The van der Waals surface area contributed by atoms with Crippen LogP contribution >= 0.6 is 0 Å². The minimum Gasteiger partial charge on any atom is -0.496 e. The van der Waals surface area contributed by atoms with Crippen molar-refractivity contribution in [1.29, 1.82) is 0 Å². The van der Waals surface area contributed by atoms with Crippen LogP contribution in [0.15, 0.2) is 24.3 Å². The van der Waals surface area contributed by atoms with Gasteiger partial charge in [-0.1, -0.05) is 38.0 Å². The van der Waals surface area contributed by atoms with Crippen molar-refractivity contribution in [3.63, 3.8) is 0 Å². The second-order valence-corrected chi connectivity index (χ2v) is 5.78. The summed E-state index contributed by atoms with van der Waals surface area (Å²) in [5.74, 6) is 0.617. The summed E-state index contributed by atoms with van der Waals surface area (Å²) in [4.78, 5) is 11.8. The van der Waals surface area contributed by atoms with E-state index in [1.54, 1.807) is 7.11 Å². The summed E-state index contributed by atoms with van der Waals surface area (Å²) in [6, 6.07) is 7.73. The molecule has 0 radical (unpaired) electrons. The van der Waals surface area contributed by atoms with E-state index >= 15 is 0 Å². The Morgan fingerprint density at radius 1 is 1.47 bits per heavy atom. The van der Waals surface area contributed by atoms with Crippen molar-refractivity contribution >= 4 is 5.97 Å². The van der Waals surface area contributed by atoms with Gasteiger partial charge in [-0.15, -0.1) is 0 Å². The number of hydrogen-bond donors (Lipinski definition) is 1. The molecule has 19 heavy (non-hydrogen) atoms. The molecule has 1 aliphatic rings. The van der Waals surface area contributed by atoms with Crippen LogP contribution in [0.3, 0.4) is 0 Å². The van der Waals surface area contributed by atoms with E-state index in [4.69, 9.17) is 4.74 Å². The van der Waals surface area contributed by atoms with Crippen molar-refractivity contribution in [3.05, 3.63) is 29.8 Å². The predicted molar refractivity (Wildman–Crippen MR) is 74.4 cm³/mol. The molecule has 1 saturated carbocycles. The summed E-state index contributed by atoms with van der Waals surface area (Å²) < 4.78 is 5.35. The lowest BCUT2D eigenvalue weighted by Crippen LogP contribution is -2.38. The molecule has 104 valence electrons. The molecule has 0 bridgehead atoms. The summed E-state index contributed by atoms with van der Waals surface area (Å²) in [6.45, 7) is 2.15. The smallest absolute Gasteiger partial charge is 0.309 e. The van der Waals surface area contributed by atoms with Gasteiger partial charge in [-0.3, -0.25) is 4.79 Å². The van der Waals surface area contributed by atoms with Gasteiger partial charge in [-0.2, -0.15) is 0 Å². The Bertz CT molecular complexity index is 455. The number of carboxylic acids is 1. The van der Waals surface area contributed by atoms with E-state index < -0.39 is 11.4 Å². The average molecular weight is 262 g/mol. The summed E-state index contributed by atoms with van der Waals surface area (Å²) in [7, 11) is 1.63. The molecule has 0 amide bonds. The van der Waals surface area contributed by atoms with Crippen LogP contribution in [0, 0.1) is 11.3 Å². The van der Waals surface area contributed by atoms with Gasteiger partial charge >= 0.3 is 5.97 Å². The molecule has 2 rings (SSSR count). The first-order chi connectivity index (χ1) is 9.07. The second-order valence-electron chi connectivity index (χ2n) is 5.78. The maximum Gasteiger partial charge on any atom is 0.309 e. The Labute approximate surface area is 114 Å². The van der Waals surface area contributed by atoms with Gasteiger partial charge in [0.2, 0.25) is 0 Å². The Morgan fingerprint density at radius 3 is 2.84 bits per heavy atom. The number of rotatable bonds is 4. The zero-order chi connectivity index (χ0) is 13.9. The van der Waals surface area contributed by atoms with E-state index in [0.717, 1.165) is 37.0 Å². The number of ether oxygens (including phenoxy) is 1. The highest BCUT2D eigenvalue weighted by Crippen LogP contribution is 2.43. The van der Waals surface area contributed by atoms with Gasteiger partial charge in [0.05, 0.1) is 12.5 Å². The van der Waals surface area contributed by atoms with E-state index in [9.17, 15) is 9.90 Å². The maximum absolute atomic E-state index is 11.8. The van der Waals surface area contributed by atoms with Crippen molar-refractivity contribution < 1.29 is 14.6 Å². The van der Waals surface area contributed by atoms with E-state index in [2.05, 4.69) is 6.92 Å². The van der Waals surface area contributed by atoms with Crippen LogP contribution in [-0.4, -0.2) is 18.2 Å². The van der Waals surface area contributed by atoms with E-state index in [1.807, 2.05) is 24.3 Å². The Hall–Kier alpha value is -1.51. The highest BCUT2D eigenvalue weighted by atomic mass is 16.5. The minimum atomic E-state index is -0.662. The van der Waals surface area contributed by atoms with Crippen molar-refractivity contribution in [2.75, 3.05) is 7.11 Å². The van der Waals surface area contributed by atoms with Crippen LogP contribution in [0.5, 0.6) is 5.75 Å². The Kier molecular flexibility index (Phi) is 4.13.